The summed E-state index contributed by atoms with van der Waals surface area (Å²) < 4.78 is 11.2. The summed E-state index contributed by atoms with van der Waals surface area (Å²) in [5, 5.41) is 0. The van der Waals surface area contributed by atoms with Crippen LogP contribution in [-0.4, -0.2) is 23.5 Å². The fourth-order valence-electron chi connectivity index (χ4n) is 5.76. The van der Waals surface area contributed by atoms with Gasteiger partial charge in [-0.2, -0.15) is 0 Å². The summed E-state index contributed by atoms with van der Waals surface area (Å²) in [6.07, 6.45) is 0. The fraction of sp³-hybridized carbons (Fsp3) is 0.176. The molecule has 0 amide bonds. The number of carbonyl (C=O) groups excluding carboxylic acids is 4. The molecule has 4 aromatic rings. The van der Waals surface area contributed by atoms with Crippen molar-refractivity contribution in [1.82, 2.24) is 0 Å². The van der Waals surface area contributed by atoms with E-state index in [9.17, 15) is 19.2 Å². The monoisotopic (exact) mass is 532 g/mol. The van der Waals surface area contributed by atoms with Crippen molar-refractivity contribution in [2.75, 3.05) is 0 Å². The van der Waals surface area contributed by atoms with E-state index < -0.39 is 11.2 Å². The average Bonchev–Trinajstić information content (AvgIpc) is 2.95. The molecule has 0 unspecified atom stereocenters. The van der Waals surface area contributed by atoms with Crippen LogP contribution in [0.2, 0.25) is 0 Å². The summed E-state index contributed by atoms with van der Waals surface area (Å²) in [7, 11) is 0. The van der Waals surface area contributed by atoms with Crippen molar-refractivity contribution in [1.29, 1.82) is 0 Å². The summed E-state index contributed by atoms with van der Waals surface area (Å²) in [6.45, 7) is 6.43. The highest BCUT2D eigenvalue weighted by atomic mass is 16.6. The molecule has 0 spiro atoms. The average molecular weight is 533 g/mol. The van der Waals surface area contributed by atoms with Crippen molar-refractivity contribution in [2.24, 2.45) is 0 Å². The Balaban J connectivity index is 0.000000161. The fourth-order valence-corrected chi connectivity index (χ4v) is 5.76. The quantitative estimate of drug-likeness (QED) is 0.289. The molecule has 2 aliphatic carbocycles. The highest BCUT2D eigenvalue weighted by Crippen LogP contribution is 2.43. The normalized spacial score (nSPS) is 15.2. The van der Waals surface area contributed by atoms with E-state index in [-0.39, 0.29) is 23.5 Å². The van der Waals surface area contributed by atoms with Crippen LogP contribution in [0.3, 0.4) is 0 Å². The number of hydrogen-bond acceptors (Lipinski definition) is 6. The minimum Gasteiger partial charge on any atom is -0.450 e. The summed E-state index contributed by atoms with van der Waals surface area (Å²) in [5.41, 5.74) is 3.46. The van der Waals surface area contributed by atoms with Gasteiger partial charge in [0.05, 0.1) is 0 Å². The van der Waals surface area contributed by atoms with Crippen LogP contribution in [0, 0.1) is 0 Å². The zero-order valence-electron chi connectivity index (χ0n) is 22.7. The number of esters is 2. The Morgan fingerprint density at radius 2 is 0.700 bits per heavy atom. The minimum atomic E-state index is -0.924. The Hall–Kier alpha value is -4.84. The highest BCUT2D eigenvalue weighted by Gasteiger charge is 2.43. The molecule has 4 aromatic carbocycles. The van der Waals surface area contributed by atoms with Crippen LogP contribution >= 0.6 is 0 Å². The van der Waals surface area contributed by atoms with E-state index in [4.69, 9.17) is 9.47 Å². The molecule has 0 bridgehead atoms. The molecule has 0 N–H and O–H groups in total. The second kappa shape index (κ2) is 10.0. The van der Waals surface area contributed by atoms with Crippen molar-refractivity contribution in [2.45, 2.75) is 38.9 Å². The number of hydrogen-bond donors (Lipinski definition) is 0. The molecule has 2 aliphatic rings. The number of benzene rings is 4. The molecule has 0 aliphatic heterocycles. The molecular weight excluding hydrogens is 504 g/mol. The van der Waals surface area contributed by atoms with Crippen molar-refractivity contribution in [3.05, 3.63) is 142 Å². The predicted octanol–water partition coefficient (Wildman–Crippen LogP) is 6.12. The van der Waals surface area contributed by atoms with Crippen LogP contribution < -0.4 is 0 Å². The van der Waals surface area contributed by atoms with Crippen molar-refractivity contribution < 1.29 is 28.7 Å². The smallest absolute Gasteiger partial charge is 0.303 e. The number of rotatable bonds is 2. The molecule has 40 heavy (non-hydrogen) atoms. The van der Waals surface area contributed by atoms with Crippen molar-refractivity contribution in [3.63, 3.8) is 0 Å². The first-order chi connectivity index (χ1) is 19.1. The van der Waals surface area contributed by atoms with Gasteiger partial charge >= 0.3 is 11.9 Å². The lowest BCUT2D eigenvalue weighted by atomic mass is 9.75. The molecule has 0 atom stereocenters. The van der Waals surface area contributed by atoms with Crippen LogP contribution in [0.4, 0.5) is 0 Å². The molecule has 0 heterocycles. The van der Waals surface area contributed by atoms with E-state index in [0.29, 0.717) is 22.3 Å². The zero-order chi connectivity index (χ0) is 28.7. The third-order valence-corrected chi connectivity index (χ3v) is 7.44. The largest absolute Gasteiger partial charge is 0.450 e. The molecule has 6 nitrogen and oxygen atoms in total. The molecule has 0 aromatic heterocycles. The SMILES string of the molecule is CC(=O)OC1(C)c2ccccc2C(=O)c2ccccc21.CC(=O)OC1(C)c2ccccc2C(=O)c2ccccc21. The Kier molecular flexibility index (Phi) is 6.72. The van der Waals surface area contributed by atoms with Crippen LogP contribution in [0.1, 0.15) is 81.8 Å². The number of ketones is 2. The molecule has 0 fully saturated rings. The van der Waals surface area contributed by atoms with Crippen LogP contribution in [0.5, 0.6) is 0 Å². The molecule has 0 radical (unpaired) electrons. The third-order valence-electron chi connectivity index (χ3n) is 7.44. The first-order valence-electron chi connectivity index (χ1n) is 12.9. The summed E-state index contributed by atoms with van der Waals surface area (Å²) in [5.74, 6) is -0.792. The summed E-state index contributed by atoms with van der Waals surface area (Å²) >= 11 is 0. The van der Waals surface area contributed by atoms with Gasteiger partial charge in [-0.15, -0.1) is 0 Å². The lowest BCUT2D eigenvalue weighted by molar-refractivity contribution is -0.153. The number of carbonyl (C=O) groups is 4. The molecule has 6 heteroatoms. The van der Waals surface area contributed by atoms with Gasteiger partial charge in [0.2, 0.25) is 0 Å². The second-order valence-corrected chi connectivity index (χ2v) is 10.1. The lowest BCUT2D eigenvalue weighted by Gasteiger charge is -2.36. The molecule has 200 valence electrons. The van der Waals surface area contributed by atoms with Gasteiger partial charge in [0.15, 0.2) is 22.8 Å². The van der Waals surface area contributed by atoms with E-state index in [1.54, 1.807) is 24.3 Å². The number of ether oxygens (including phenoxy) is 2. The molecule has 0 saturated heterocycles. The Morgan fingerprint density at radius 3 is 0.925 bits per heavy atom. The Morgan fingerprint density at radius 1 is 0.475 bits per heavy atom. The van der Waals surface area contributed by atoms with Gasteiger partial charge < -0.3 is 9.47 Å². The first kappa shape index (κ1) is 26.8. The van der Waals surface area contributed by atoms with E-state index in [1.165, 1.54) is 13.8 Å². The van der Waals surface area contributed by atoms with Gasteiger partial charge in [0, 0.05) is 58.4 Å². The maximum atomic E-state index is 12.5. The van der Waals surface area contributed by atoms with Gasteiger partial charge in [-0.05, 0) is 13.8 Å². The zero-order valence-corrected chi connectivity index (χ0v) is 22.7. The molecule has 0 saturated carbocycles. The van der Waals surface area contributed by atoms with Crippen LogP contribution in [0.25, 0.3) is 0 Å². The maximum absolute atomic E-state index is 12.5. The molecule has 6 rings (SSSR count). The summed E-state index contributed by atoms with van der Waals surface area (Å²) in [4.78, 5) is 48.1. The third kappa shape index (κ3) is 4.31. The lowest BCUT2D eigenvalue weighted by Crippen LogP contribution is -2.36. The van der Waals surface area contributed by atoms with E-state index in [2.05, 4.69) is 0 Å². The van der Waals surface area contributed by atoms with E-state index in [0.717, 1.165) is 22.3 Å². The Labute approximate surface area is 232 Å². The second-order valence-electron chi connectivity index (χ2n) is 10.1. The van der Waals surface area contributed by atoms with Crippen molar-refractivity contribution >= 4 is 23.5 Å². The first-order valence-corrected chi connectivity index (χ1v) is 12.9. The van der Waals surface area contributed by atoms with E-state index >= 15 is 0 Å². The molecular formula is C34H28O6. The topological polar surface area (TPSA) is 86.7 Å². The van der Waals surface area contributed by atoms with Gasteiger partial charge in [0.1, 0.15) is 0 Å². The van der Waals surface area contributed by atoms with E-state index in [1.807, 2.05) is 86.6 Å². The van der Waals surface area contributed by atoms with Crippen LogP contribution in [0.15, 0.2) is 97.1 Å². The van der Waals surface area contributed by atoms with Crippen LogP contribution in [-0.2, 0) is 30.3 Å². The van der Waals surface area contributed by atoms with Crippen molar-refractivity contribution in [3.8, 4) is 0 Å². The van der Waals surface area contributed by atoms with Gasteiger partial charge in [-0.3, -0.25) is 19.2 Å². The predicted molar refractivity (Wildman–Crippen MR) is 149 cm³/mol. The number of fused-ring (bicyclic) bond motifs is 4. The van der Waals surface area contributed by atoms with Gasteiger partial charge in [-0.1, -0.05) is 97.1 Å². The standard InChI is InChI=1S/2C17H14O3/c2*1-11(18)20-17(2)14-9-5-3-7-12(14)16(19)13-8-4-6-10-15(13)17/h2*3-10H,1-2H3. The highest BCUT2D eigenvalue weighted by molar-refractivity contribution is 6.13. The maximum Gasteiger partial charge on any atom is 0.303 e. The Bertz CT molecular complexity index is 1460. The summed E-state index contributed by atoms with van der Waals surface area (Å²) in [6, 6.07) is 29.1. The van der Waals surface area contributed by atoms with Gasteiger partial charge in [-0.25, -0.2) is 0 Å². The minimum absolute atomic E-state index is 0.0270. The van der Waals surface area contributed by atoms with Gasteiger partial charge in [0.25, 0.3) is 0 Å².